The zero-order chi connectivity index (χ0) is 14.1. The number of carboxylic acids is 1. The summed E-state index contributed by atoms with van der Waals surface area (Å²) in [5.74, 6) is -1.46. The van der Waals surface area contributed by atoms with Gasteiger partial charge < -0.3 is 5.11 Å². The maximum absolute atomic E-state index is 12.9. The van der Waals surface area contributed by atoms with Gasteiger partial charge in [-0.25, -0.2) is 0 Å². The van der Waals surface area contributed by atoms with E-state index in [1.807, 2.05) is 48.5 Å². The van der Waals surface area contributed by atoms with Crippen LogP contribution in [-0.4, -0.2) is 17.2 Å². The van der Waals surface area contributed by atoms with E-state index in [4.69, 9.17) is 5.11 Å². The number of hydrogen-bond donors (Lipinski definition) is 1. The molecule has 0 saturated heterocycles. The van der Waals surface area contributed by atoms with E-state index in [2.05, 4.69) is 4.94 Å². The molecule has 0 heterocycles. The third-order valence-corrected chi connectivity index (χ3v) is 3.74. The van der Waals surface area contributed by atoms with Gasteiger partial charge in [0.25, 0.3) is 0 Å². The molecule has 0 radical (unpaired) electrons. The molecule has 4 heteroatoms. The van der Waals surface area contributed by atoms with Crippen molar-refractivity contribution in [1.29, 1.82) is 0 Å². The van der Waals surface area contributed by atoms with Crippen molar-refractivity contribution in [2.24, 2.45) is 0 Å². The van der Waals surface area contributed by atoms with Gasteiger partial charge in [0.2, 0.25) is 0 Å². The second kappa shape index (κ2) is 5.06. The molecule has 3 nitrogen and oxygen atoms in total. The van der Waals surface area contributed by atoms with Crippen molar-refractivity contribution in [3.63, 3.8) is 0 Å². The molecule has 0 spiro atoms. The van der Waals surface area contributed by atoms with Gasteiger partial charge >= 0.3 is 5.97 Å². The largest absolute Gasteiger partial charge is 0.481 e. The fraction of sp³-hybridized carbons (Fsp3) is 0.188. The maximum Gasteiger partial charge on any atom is 0.306 e. The Morgan fingerprint density at radius 1 is 1.10 bits per heavy atom. The molecular weight excluding hydrogens is 259 g/mol. The fourth-order valence-corrected chi connectivity index (χ4v) is 2.97. The molecule has 1 atom stereocenters. The van der Waals surface area contributed by atoms with Crippen molar-refractivity contribution in [2.75, 3.05) is 0 Å². The standard InChI is InChI=1S/C16H13FO3/c17-20-14(9-15(18)19)16-12-7-3-1-5-10(12)11-6-2-4-8-13(11)16/h1-8,14,16H,9H2,(H,18,19). The number of carbonyl (C=O) groups is 1. The summed E-state index contributed by atoms with van der Waals surface area (Å²) >= 11 is 0. The van der Waals surface area contributed by atoms with E-state index in [0.29, 0.717) is 0 Å². The Bertz CT molecular complexity index is 608. The Morgan fingerprint density at radius 3 is 2.05 bits per heavy atom. The highest BCUT2D eigenvalue weighted by Crippen LogP contribution is 2.47. The molecule has 20 heavy (non-hydrogen) atoms. The van der Waals surface area contributed by atoms with Gasteiger partial charge in [0.1, 0.15) is 6.10 Å². The smallest absolute Gasteiger partial charge is 0.306 e. The van der Waals surface area contributed by atoms with Crippen molar-refractivity contribution < 1.29 is 19.4 Å². The summed E-state index contributed by atoms with van der Waals surface area (Å²) in [6.07, 6.45) is -1.39. The van der Waals surface area contributed by atoms with Gasteiger partial charge in [-0.1, -0.05) is 48.5 Å². The summed E-state index contributed by atoms with van der Waals surface area (Å²) < 4.78 is 12.9. The minimum Gasteiger partial charge on any atom is -0.481 e. The number of fused-ring (bicyclic) bond motifs is 3. The molecular formula is C16H13FO3. The van der Waals surface area contributed by atoms with E-state index in [0.717, 1.165) is 22.3 Å². The van der Waals surface area contributed by atoms with E-state index in [1.54, 1.807) is 0 Å². The number of rotatable bonds is 4. The molecule has 2 aromatic rings. The maximum atomic E-state index is 12.9. The fourth-order valence-electron chi connectivity index (χ4n) is 2.97. The number of aliphatic carboxylic acids is 1. The van der Waals surface area contributed by atoms with E-state index < -0.39 is 12.1 Å². The van der Waals surface area contributed by atoms with Crippen LogP contribution in [0.15, 0.2) is 48.5 Å². The second-order valence-corrected chi connectivity index (χ2v) is 4.88. The summed E-state index contributed by atoms with van der Waals surface area (Å²) in [5, 5.41) is 8.92. The van der Waals surface area contributed by atoms with E-state index in [-0.39, 0.29) is 12.3 Å². The summed E-state index contributed by atoms with van der Waals surface area (Å²) in [5.41, 5.74) is 3.86. The first-order valence-corrected chi connectivity index (χ1v) is 6.39. The monoisotopic (exact) mass is 272 g/mol. The Balaban J connectivity index is 2.13. The topological polar surface area (TPSA) is 46.5 Å². The molecule has 2 aromatic carbocycles. The molecule has 0 fully saturated rings. The number of carboxylic acid groups (broad SMARTS) is 1. The normalized spacial score (nSPS) is 14.7. The molecule has 0 aromatic heterocycles. The quantitative estimate of drug-likeness (QED) is 0.926. The van der Waals surface area contributed by atoms with Gasteiger partial charge in [-0.15, -0.1) is 0 Å². The predicted molar refractivity (Wildman–Crippen MR) is 72.0 cm³/mol. The van der Waals surface area contributed by atoms with Crippen LogP contribution in [-0.2, 0) is 9.74 Å². The predicted octanol–water partition coefficient (Wildman–Crippen LogP) is 3.54. The number of halogens is 1. The van der Waals surface area contributed by atoms with Gasteiger partial charge in [0, 0.05) is 5.92 Å². The molecule has 1 aliphatic rings. The molecule has 1 aliphatic carbocycles. The van der Waals surface area contributed by atoms with Crippen molar-refractivity contribution in [3.8, 4) is 11.1 Å². The highest BCUT2D eigenvalue weighted by Gasteiger charge is 2.36. The number of hydrogen-bond acceptors (Lipinski definition) is 2. The van der Waals surface area contributed by atoms with Gasteiger partial charge in [-0.05, 0) is 26.8 Å². The van der Waals surface area contributed by atoms with Crippen LogP contribution in [0.1, 0.15) is 23.5 Å². The number of benzene rings is 2. The van der Waals surface area contributed by atoms with Crippen LogP contribution in [0.4, 0.5) is 4.53 Å². The van der Waals surface area contributed by atoms with Crippen LogP contribution in [0.3, 0.4) is 0 Å². The Labute approximate surface area is 115 Å². The summed E-state index contributed by atoms with van der Waals surface area (Å²) in [4.78, 5) is 14.9. The van der Waals surface area contributed by atoms with Gasteiger partial charge in [0.15, 0.2) is 0 Å². The van der Waals surface area contributed by atoms with E-state index in [1.165, 1.54) is 0 Å². The van der Waals surface area contributed by atoms with Gasteiger partial charge in [0.05, 0.1) is 6.42 Å². The molecule has 102 valence electrons. The van der Waals surface area contributed by atoms with Crippen molar-refractivity contribution in [1.82, 2.24) is 0 Å². The van der Waals surface area contributed by atoms with Crippen LogP contribution in [0, 0.1) is 0 Å². The molecule has 3 rings (SSSR count). The van der Waals surface area contributed by atoms with E-state index >= 15 is 0 Å². The molecule has 0 bridgehead atoms. The average Bonchev–Trinajstić information content (AvgIpc) is 2.79. The first-order valence-electron chi connectivity index (χ1n) is 6.39. The van der Waals surface area contributed by atoms with E-state index in [9.17, 15) is 9.32 Å². The van der Waals surface area contributed by atoms with Crippen LogP contribution in [0.25, 0.3) is 11.1 Å². The zero-order valence-electron chi connectivity index (χ0n) is 10.6. The average molecular weight is 272 g/mol. The molecule has 0 saturated carbocycles. The van der Waals surface area contributed by atoms with Crippen LogP contribution in [0.5, 0.6) is 0 Å². The zero-order valence-corrected chi connectivity index (χ0v) is 10.6. The SMILES string of the molecule is O=C(O)CC(OF)C1c2ccccc2-c2ccccc21. The first kappa shape index (κ1) is 12.8. The third kappa shape index (κ3) is 1.98. The lowest BCUT2D eigenvalue weighted by atomic mass is 9.89. The van der Waals surface area contributed by atoms with Crippen molar-refractivity contribution in [2.45, 2.75) is 18.4 Å². The first-order chi connectivity index (χ1) is 9.72. The van der Waals surface area contributed by atoms with Crippen LogP contribution < -0.4 is 0 Å². The van der Waals surface area contributed by atoms with Crippen LogP contribution in [0.2, 0.25) is 0 Å². The van der Waals surface area contributed by atoms with Crippen LogP contribution >= 0.6 is 0 Å². The lowest BCUT2D eigenvalue weighted by molar-refractivity contribution is -0.190. The summed E-state index contributed by atoms with van der Waals surface area (Å²) in [7, 11) is 0. The second-order valence-electron chi connectivity index (χ2n) is 4.88. The minimum absolute atomic E-state index is 0.371. The summed E-state index contributed by atoms with van der Waals surface area (Å²) in [6, 6.07) is 15.3. The Morgan fingerprint density at radius 2 is 1.60 bits per heavy atom. The molecule has 0 aliphatic heterocycles. The Hall–Kier alpha value is -2.20. The molecule has 1 N–H and O–H groups in total. The molecule has 0 amide bonds. The third-order valence-electron chi connectivity index (χ3n) is 3.74. The highest BCUT2D eigenvalue weighted by atomic mass is 19.3. The lowest BCUT2D eigenvalue weighted by Crippen LogP contribution is -2.22. The summed E-state index contributed by atoms with van der Waals surface area (Å²) in [6.45, 7) is 0. The Kier molecular flexibility index (Phi) is 3.24. The van der Waals surface area contributed by atoms with Gasteiger partial charge in [-0.2, -0.15) is 4.94 Å². The van der Waals surface area contributed by atoms with Crippen molar-refractivity contribution >= 4 is 5.97 Å². The van der Waals surface area contributed by atoms with Crippen molar-refractivity contribution in [3.05, 3.63) is 59.7 Å². The lowest BCUT2D eigenvalue weighted by Gasteiger charge is -2.20. The molecule has 1 unspecified atom stereocenters. The highest BCUT2D eigenvalue weighted by molar-refractivity contribution is 5.79. The minimum atomic E-state index is -1.07. The van der Waals surface area contributed by atoms with Gasteiger partial charge in [-0.3, -0.25) is 4.79 Å².